The predicted octanol–water partition coefficient (Wildman–Crippen LogP) is 4.24. The summed E-state index contributed by atoms with van der Waals surface area (Å²) < 4.78 is 5.40. The van der Waals surface area contributed by atoms with Crippen LogP contribution in [0.5, 0.6) is 0 Å². The van der Waals surface area contributed by atoms with E-state index < -0.39 is 0 Å². The molecule has 0 fully saturated rings. The van der Waals surface area contributed by atoms with Crippen LogP contribution in [-0.4, -0.2) is 17.1 Å². The lowest BCUT2D eigenvalue weighted by Gasteiger charge is -2.22. The molecule has 1 atom stereocenters. The SMILES string of the molecule is Cc1ccc(-c2oncc2C(=O)N2c3ccccc3CC2C)cc1. The Morgan fingerprint density at radius 3 is 2.71 bits per heavy atom. The van der Waals surface area contributed by atoms with Gasteiger partial charge in [0.2, 0.25) is 0 Å². The second-order valence-corrected chi connectivity index (χ2v) is 6.29. The number of carbonyl (C=O) groups excluding carboxylic acids is 1. The number of para-hydroxylation sites is 1. The molecule has 120 valence electrons. The topological polar surface area (TPSA) is 46.3 Å². The highest BCUT2D eigenvalue weighted by molar-refractivity contribution is 6.10. The second kappa shape index (κ2) is 5.64. The van der Waals surface area contributed by atoms with Gasteiger partial charge in [-0.25, -0.2) is 0 Å². The molecule has 4 nitrogen and oxygen atoms in total. The maximum atomic E-state index is 13.2. The Hall–Kier alpha value is -2.88. The minimum absolute atomic E-state index is 0.0655. The summed E-state index contributed by atoms with van der Waals surface area (Å²) in [7, 11) is 0. The number of benzene rings is 2. The zero-order valence-electron chi connectivity index (χ0n) is 13.7. The lowest BCUT2D eigenvalue weighted by molar-refractivity contribution is 0.0981. The number of carbonyl (C=O) groups is 1. The minimum atomic E-state index is -0.0655. The van der Waals surface area contributed by atoms with Crippen molar-refractivity contribution < 1.29 is 9.32 Å². The number of amides is 1. The van der Waals surface area contributed by atoms with Gasteiger partial charge in [-0.15, -0.1) is 0 Å². The molecular formula is C20H18N2O2. The lowest BCUT2D eigenvalue weighted by Crippen LogP contribution is -2.35. The van der Waals surface area contributed by atoms with Crippen LogP contribution in [0.4, 0.5) is 5.69 Å². The summed E-state index contributed by atoms with van der Waals surface area (Å²) in [6, 6.07) is 16.1. The number of aryl methyl sites for hydroxylation is 1. The van der Waals surface area contributed by atoms with Crippen molar-refractivity contribution in [1.29, 1.82) is 0 Å². The molecule has 1 amide bonds. The summed E-state index contributed by atoms with van der Waals surface area (Å²) in [5.74, 6) is 0.459. The molecule has 1 aliphatic heterocycles. The molecule has 1 aliphatic rings. The number of aromatic nitrogens is 1. The molecule has 0 aliphatic carbocycles. The number of anilines is 1. The van der Waals surface area contributed by atoms with Gasteiger partial charge in [-0.3, -0.25) is 4.79 Å². The van der Waals surface area contributed by atoms with E-state index in [1.54, 1.807) is 0 Å². The Balaban J connectivity index is 1.74. The van der Waals surface area contributed by atoms with Crippen LogP contribution in [0.25, 0.3) is 11.3 Å². The molecule has 3 aromatic rings. The Bertz CT molecular complexity index is 896. The number of hydrogen-bond acceptors (Lipinski definition) is 3. The minimum Gasteiger partial charge on any atom is -0.355 e. The molecule has 0 saturated heterocycles. The van der Waals surface area contributed by atoms with E-state index in [1.165, 1.54) is 11.8 Å². The molecule has 0 saturated carbocycles. The fourth-order valence-electron chi connectivity index (χ4n) is 3.31. The summed E-state index contributed by atoms with van der Waals surface area (Å²) >= 11 is 0. The van der Waals surface area contributed by atoms with Crippen LogP contribution in [0.1, 0.15) is 28.4 Å². The van der Waals surface area contributed by atoms with Crippen LogP contribution in [0, 0.1) is 6.92 Å². The van der Waals surface area contributed by atoms with Crippen LogP contribution < -0.4 is 4.90 Å². The highest BCUT2D eigenvalue weighted by Gasteiger charge is 2.33. The Morgan fingerprint density at radius 2 is 1.92 bits per heavy atom. The molecule has 24 heavy (non-hydrogen) atoms. The number of nitrogens with zero attached hydrogens (tertiary/aromatic N) is 2. The van der Waals surface area contributed by atoms with Gasteiger partial charge in [0.05, 0.1) is 6.20 Å². The lowest BCUT2D eigenvalue weighted by atomic mass is 10.1. The first-order valence-corrected chi connectivity index (χ1v) is 8.08. The Kier molecular flexibility index (Phi) is 3.45. The third-order valence-electron chi connectivity index (χ3n) is 4.54. The Morgan fingerprint density at radius 1 is 1.17 bits per heavy atom. The quantitative estimate of drug-likeness (QED) is 0.710. The van der Waals surface area contributed by atoms with Crippen molar-refractivity contribution in [2.24, 2.45) is 0 Å². The summed E-state index contributed by atoms with van der Waals surface area (Å²) in [4.78, 5) is 15.0. The maximum Gasteiger partial charge on any atom is 0.264 e. The molecule has 0 spiro atoms. The van der Waals surface area contributed by atoms with Crippen molar-refractivity contribution in [3.05, 3.63) is 71.4 Å². The van der Waals surface area contributed by atoms with Crippen molar-refractivity contribution in [1.82, 2.24) is 5.16 Å². The third kappa shape index (κ3) is 2.31. The first-order valence-electron chi connectivity index (χ1n) is 8.08. The van der Waals surface area contributed by atoms with Crippen LogP contribution >= 0.6 is 0 Å². The van der Waals surface area contributed by atoms with Gasteiger partial charge in [-0.1, -0.05) is 53.2 Å². The standard InChI is InChI=1S/C20H18N2O2/c1-13-7-9-15(10-8-13)19-17(12-21-24-19)20(23)22-14(2)11-16-5-3-4-6-18(16)22/h3-10,12,14H,11H2,1-2H3. The highest BCUT2D eigenvalue weighted by Crippen LogP contribution is 2.35. The van der Waals surface area contributed by atoms with Crippen LogP contribution in [-0.2, 0) is 6.42 Å². The van der Waals surface area contributed by atoms with Gasteiger partial charge in [0.15, 0.2) is 5.76 Å². The largest absolute Gasteiger partial charge is 0.355 e. The van der Waals surface area contributed by atoms with Crippen molar-refractivity contribution in [3.8, 4) is 11.3 Å². The third-order valence-corrected chi connectivity index (χ3v) is 4.54. The fraction of sp³-hybridized carbons (Fsp3) is 0.200. The van der Waals surface area contributed by atoms with E-state index in [2.05, 4.69) is 18.1 Å². The van der Waals surface area contributed by atoms with E-state index in [4.69, 9.17) is 4.52 Å². The molecule has 0 bridgehead atoms. The van der Waals surface area contributed by atoms with Crippen molar-refractivity contribution >= 4 is 11.6 Å². The molecule has 1 aromatic heterocycles. The molecule has 0 N–H and O–H groups in total. The van der Waals surface area contributed by atoms with Gasteiger partial charge in [-0.05, 0) is 31.9 Å². The molecule has 0 radical (unpaired) electrons. The molecule has 4 rings (SSSR count). The van der Waals surface area contributed by atoms with Gasteiger partial charge in [0.1, 0.15) is 5.56 Å². The molecule has 1 unspecified atom stereocenters. The normalized spacial score (nSPS) is 16.2. The van der Waals surface area contributed by atoms with Crippen molar-refractivity contribution in [3.63, 3.8) is 0 Å². The summed E-state index contributed by atoms with van der Waals surface area (Å²) in [6.45, 7) is 4.09. The van der Waals surface area contributed by atoms with Gasteiger partial charge >= 0.3 is 0 Å². The summed E-state index contributed by atoms with van der Waals surface area (Å²) in [6.07, 6.45) is 2.39. The van der Waals surface area contributed by atoms with E-state index in [0.29, 0.717) is 11.3 Å². The smallest absolute Gasteiger partial charge is 0.264 e. The monoisotopic (exact) mass is 318 g/mol. The molecule has 2 heterocycles. The number of hydrogen-bond donors (Lipinski definition) is 0. The summed E-state index contributed by atoms with van der Waals surface area (Å²) in [5, 5.41) is 3.87. The van der Waals surface area contributed by atoms with Crippen molar-refractivity contribution in [2.75, 3.05) is 4.90 Å². The zero-order valence-corrected chi connectivity index (χ0v) is 13.7. The van der Waals surface area contributed by atoms with E-state index in [9.17, 15) is 4.79 Å². The van der Waals surface area contributed by atoms with Crippen LogP contribution in [0.15, 0.2) is 59.3 Å². The van der Waals surface area contributed by atoms with Crippen molar-refractivity contribution in [2.45, 2.75) is 26.3 Å². The van der Waals surface area contributed by atoms with Crippen LogP contribution in [0.3, 0.4) is 0 Å². The summed E-state index contributed by atoms with van der Waals surface area (Å²) in [5.41, 5.74) is 4.70. The molecular weight excluding hydrogens is 300 g/mol. The van der Waals surface area contributed by atoms with Gasteiger partial charge in [0, 0.05) is 17.3 Å². The maximum absolute atomic E-state index is 13.2. The van der Waals surface area contributed by atoms with E-state index in [-0.39, 0.29) is 11.9 Å². The molecule has 4 heteroatoms. The first-order chi connectivity index (χ1) is 11.6. The highest BCUT2D eigenvalue weighted by atomic mass is 16.5. The second-order valence-electron chi connectivity index (χ2n) is 6.29. The fourth-order valence-corrected chi connectivity index (χ4v) is 3.31. The zero-order chi connectivity index (χ0) is 16.7. The van der Waals surface area contributed by atoms with Gasteiger partial charge < -0.3 is 9.42 Å². The van der Waals surface area contributed by atoms with E-state index in [0.717, 1.165) is 23.2 Å². The number of rotatable bonds is 2. The van der Waals surface area contributed by atoms with Crippen LogP contribution in [0.2, 0.25) is 0 Å². The predicted molar refractivity (Wildman–Crippen MR) is 93.1 cm³/mol. The average Bonchev–Trinajstić information content (AvgIpc) is 3.18. The average molecular weight is 318 g/mol. The van der Waals surface area contributed by atoms with Gasteiger partial charge in [0.25, 0.3) is 5.91 Å². The first kappa shape index (κ1) is 14.7. The molecule has 2 aromatic carbocycles. The Labute approximate surface area is 140 Å². The van der Waals surface area contributed by atoms with Gasteiger partial charge in [-0.2, -0.15) is 0 Å². The van der Waals surface area contributed by atoms with E-state index in [1.807, 2.05) is 54.3 Å². The van der Waals surface area contributed by atoms with E-state index >= 15 is 0 Å². The number of fused-ring (bicyclic) bond motifs is 1.